The van der Waals surface area contributed by atoms with E-state index in [0.717, 1.165) is 0 Å². The lowest BCUT2D eigenvalue weighted by Crippen LogP contribution is -2.22. The molecule has 2 aromatic heterocycles. The van der Waals surface area contributed by atoms with Gasteiger partial charge in [0, 0.05) is 5.38 Å². The van der Waals surface area contributed by atoms with Crippen LogP contribution in [0.15, 0.2) is 21.9 Å². The molecule has 5 nitrogen and oxygen atoms in total. The van der Waals surface area contributed by atoms with E-state index in [4.69, 9.17) is 16.0 Å². The van der Waals surface area contributed by atoms with Gasteiger partial charge in [-0.2, -0.15) is 0 Å². The Morgan fingerprint density at radius 1 is 1.60 bits per heavy atom. The number of furan rings is 1. The molecule has 7 heteroatoms. The van der Waals surface area contributed by atoms with Gasteiger partial charge in [-0.1, -0.05) is 4.49 Å². The van der Waals surface area contributed by atoms with Gasteiger partial charge in [0.1, 0.15) is 0 Å². The van der Waals surface area contributed by atoms with E-state index in [1.54, 1.807) is 5.38 Å². The van der Waals surface area contributed by atoms with E-state index in [0.29, 0.717) is 12.2 Å². The Hall–Kier alpha value is -1.40. The Morgan fingerprint density at radius 2 is 2.47 bits per heavy atom. The molecule has 2 heterocycles. The van der Waals surface area contributed by atoms with Gasteiger partial charge >= 0.3 is 0 Å². The van der Waals surface area contributed by atoms with Gasteiger partial charge in [-0.15, -0.1) is 5.10 Å². The lowest BCUT2D eigenvalue weighted by Gasteiger charge is -1.98. The number of carbonyl (C=O) groups excluding carboxylic acids is 1. The molecular weight excluding hydrogens is 238 g/mol. The first kappa shape index (κ1) is 10.1. The second-order valence-corrected chi connectivity index (χ2v) is 3.67. The molecule has 2 rings (SSSR count). The molecule has 0 spiro atoms. The van der Waals surface area contributed by atoms with Crippen LogP contribution in [0.25, 0.3) is 0 Å². The normalized spacial score (nSPS) is 10.2. The van der Waals surface area contributed by atoms with Crippen LogP contribution in [0.4, 0.5) is 0 Å². The fourth-order valence-electron chi connectivity index (χ4n) is 0.955. The summed E-state index contributed by atoms with van der Waals surface area (Å²) in [6.07, 6.45) is 0. The maximum Gasteiger partial charge on any atom is 0.287 e. The van der Waals surface area contributed by atoms with E-state index in [1.165, 1.54) is 23.7 Å². The van der Waals surface area contributed by atoms with Crippen molar-refractivity contribution in [2.24, 2.45) is 0 Å². The quantitative estimate of drug-likeness (QED) is 0.891. The van der Waals surface area contributed by atoms with Crippen LogP contribution < -0.4 is 5.32 Å². The number of nitrogens with one attached hydrogen (secondary N) is 1. The molecule has 0 aromatic carbocycles. The second kappa shape index (κ2) is 4.41. The summed E-state index contributed by atoms with van der Waals surface area (Å²) in [5, 5.41) is 8.36. The van der Waals surface area contributed by atoms with Crippen LogP contribution in [0, 0.1) is 0 Å². The minimum absolute atomic E-state index is 0.184. The Balaban J connectivity index is 1.93. The molecule has 78 valence electrons. The van der Waals surface area contributed by atoms with Crippen LogP contribution in [0.3, 0.4) is 0 Å². The fraction of sp³-hybridized carbons (Fsp3) is 0.125. The summed E-state index contributed by atoms with van der Waals surface area (Å²) in [5.74, 6) is -0.141. The summed E-state index contributed by atoms with van der Waals surface area (Å²) in [7, 11) is 0. The highest BCUT2D eigenvalue weighted by Gasteiger charge is 2.10. The van der Waals surface area contributed by atoms with E-state index < -0.39 is 0 Å². The first-order chi connectivity index (χ1) is 7.25. The van der Waals surface area contributed by atoms with E-state index in [-0.39, 0.29) is 16.9 Å². The summed E-state index contributed by atoms with van der Waals surface area (Å²) in [5.41, 5.74) is 0.714. The van der Waals surface area contributed by atoms with Crippen LogP contribution in [0.5, 0.6) is 0 Å². The molecule has 15 heavy (non-hydrogen) atoms. The molecular formula is C8H6ClN3O2S. The van der Waals surface area contributed by atoms with Crippen molar-refractivity contribution >= 4 is 29.0 Å². The molecule has 0 aliphatic rings. The highest BCUT2D eigenvalue weighted by Crippen LogP contribution is 2.12. The van der Waals surface area contributed by atoms with E-state index in [2.05, 4.69) is 14.9 Å². The molecule has 0 aliphatic heterocycles. The molecule has 0 fully saturated rings. The van der Waals surface area contributed by atoms with Crippen molar-refractivity contribution in [3.05, 3.63) is 34.2 Å². The number of nitrogens with zero attached hydrogens (tertiary/aromatic N) is 2. The predicted octanol–water partition coefficient (Wildman–Crippen LogP) is 1.71. The number of halogens is 1. The lowest BCUT2D eigenvalue weighted by molar-refractivity contribution is 0.0923. The van der Waals surface area contributed by atoms with Crippen molar-refractivity contribution in [3.8, 4) is 0 Å². The monoisotopic (exact) mass is 243 g/mol. The van der Waals surface area contributed by atoms with Crippen molar-refractivity contribution in [1.29, 1.82) is 0 Å². The van der Waals surface area contributed by atoms with Gasteiger partial charge in [-0.25, -0.2) is 0 Å². The largest absolute Gasteiger partial charge is 0.440 e. The molecule has 0 atom stereocenters. The van der Waals surface area contributed by atoms with Crippen LogP contribution in [0.2, 0.25) is 5.22 Å². The summed E-state index contributed by atoms with van der Waals surface area (Å²) in [6.45, 7) is 0.327. The second-order valence-electron chi connectivity index (χ2n) is 2.68. The van der Waals surface area contributed by atoms with Crippen LogP contribution in [-0.4, -0.2) is 15.5 Å². The van der Waals surface area contributed by atoms with E-state index in [1.807, 2.05) is 0 Å². The molecule has 2 aromatic rings. The Morgan fingerprint density at radius 3 is 3.07 bits per heavy atom. The SMILES string of the molecule is O=C(NCc1csnn1)c1ccc(Cl)o1. The molecule has 0 bridgehead atoms. The molecule has 0 saturated carbocycles. The first-order valence-corrected chi connectivity index (χ1v) is 5.26. The highest BCUT2D eigenvalue weighted by molar-refractivity contribution is 7.03. The van der Waals surface area contributed by atoms with Gasteiger partial charge in [0.05, 0.1) is 12.2 Å². The third-order valence-electron chi connectivity index (χ3n) is 1.63. The van der Waals surface area contributed by atoms with Gasteiger partial charge in [0.15, 0.2) is 11.0 Å². The number of rotatable bonds is 3. The molecule has 1 amide bonds. The first-order valence-electron chi connectivity index (χ1n) is 4.05. The zero-order chi connectivity index (χ0) is 10.7. The van der Waals surface area contributed by atoms with Crippen molar-refractivity contribution in [2.45, 2.75) is 6.54 Å². The number of hydrogen-bond donors (Lipinski definition) is 1. The summed E-state index contributed by atoms with van der Waals surface area (Å²) in [4.78, 5) is 11.4. The average molecular weight is 244 g/mol. The van der Waals surface area contributed by atoms with Gasteiger partial charge in [0.2, 0.25) is 0 Å². The fourth-order valence-corrected chi connectivity index (χ4v) is 1.55. The standard InChI is InChI=1S/C8H6ClN3O2S/c9-7-2-1-6(14-7)8(13)10-3-5-4-15-12-11-5/h1-2,4H,3H2,(H,10,13). The summed E-state index contributed by atoms with van der Waals surface area (Å²) >= 11 is 6.77. The molecule has 0 unspecified atom stereocenters. The predicted molar refractivity (Wildman–Crippen MR) is 54.8 cm³/mol. The number of amides is 1. The minimum Gasteiger partial charge on any atom is -0.440 e. The Labute approximate surface area is 94.2 Å². The van der Waals surface area contributed by atoms with Gasteiger partial charge < -0.3 is 9.73 Å². The van der Waals surface area contributed by atoms with Crippen molar-refractivity contribution in [2.75, 3.05) is 0 Å². The van der Waals surface area contributed by atoms with E-state index in [9.17, 15) is 4.79 Å². The lowest BCUT2D eigenvalue weighted by atomic mass is 10.4. The third-order valence-corrected chi connectivity index (χ3v) is 2.39. The zero-order valence-electron chi connectivity index (χ0n) is 7.44. The van der Waals surface area contributed by atoms with Crippen LogP contribution >= 0.6 is 23.1 Å². The maximum absolute atomic E-state index is 11.4. The number of hydrogen-bond acceptors (Lipinski definition) is 5. The highest BCUT2D eigenvalue weighted by atomic mass is 35.5. The van der Waals surface area contributed by atoms with Crippen molar-refractivity contribution < 1.29 is 9.21 Å². The maximum atomic E-state index is 11.4. The smallest absolute Gasteiger partial charge is 0.287 e. The summed E-state index contributed by atoms with van der Waals surface area (Å²) in [6, 6.07) is 3.03. The Kier molecular flexibility index (Phi) is 2.98. The third kappa shape index (κ3) is 2.54. The van der Waals surface area contributed by atoms with Gasteiger partial charge in [-0.05, 0) is 35.3 Å². The average Bonchev–Trinajstić information content (AvgIpc) is 2.84. The van der Waals surface area contributed by atoms with Gasteiger partial charge in [-0.3, -0.25) is 4.79 Å². The molecule has 1 N–H and O–H groups in total. The van der Waals surface area contributed by atoms with Gasteiger partial charge in [0.25, 0.3) is 5.91 Å². The van der Waals surface area contributed by atoms with Crippen molar-refractivity contribution in [1.82, 2.24) is 14.9 Å². The van der Waals surface area contributed by atoms with Crippen LogP contribution in [-0.2, 0) is 6.54 Å². The van der Waals surface area contributed by atoms with E-state index >= 15 is 0 Å². The summed E-state index contributed by atoms with van der Waals surface area (Å²) < 4.78 is 8.61. The number of carbonyl (C=O) groups is 1. The molecule has 0 saturated heterocycles. The Bertz CT molecular complexity index is 454. The minimum atomic E-state index is -0.324. The number of aromatic nitrogens is 2. The van der Waals surface area contributed by atoms with Crippen LogP contribution in [0.1, 0.15) is 16.2 Å². The molecule has 0 radical (unpaired) electrons. The topological polar surface area (TPSA) is 68.0 Å². The molecule has 0 aliphatic carbocycles. The van der Waals surface area contributed by atoms with Crippen molar-refractivity contribution in [3.63, 3.8) is 0 Å². The zero-order valence-corrected chi connectivity index (χ0v) is 9.01.